The molecule has 1 heterocycles. The zero-order valence-corrected chi connectivity index (χ0v) is 8.69. The number of nitrogens with zero attached hydrogens (tertiary/aromatic N) is 3. The lowest BCUT2D eigenvalue weighted by atomic mass is 10.1. The zero-order chi connectivity index (χ0) is 10.8. The number of aromatic nitrogens is 2. The summed E-state index contributed by atoms with van der Waals surface area (Å²) in [7, 11) is 3.19. The average Bonchev–Trinajstić information content (AvgIpc) is 3.10. The molecule has 1 aromatic rings. The van der Waals surface area contributed by atoms with Crippen LogP contribution >= 0.6 is 0 Å². The van der Waals surface area contributed by atoms with E-state index in [1.807, 2.05) is 0 Å². The van der Waals surface area contributed by atoms with E-state index in [2.05, 4.69) is 21.0 Å². The molecular weight excluding hydrogens is 192 g/mol. The third kappa shape index (κ3) is 1.68. The van der Waals surface area contributed by atoms with Crippen LogP contribution in [-0.4, -0.2) is 30.0 Å². The molecule has 0 fully saturated rings. The maximum Gasteiger partial charge on any atom is 0.227 e. The summed E-state index contributed by atoms with van der Waals surface area (Å²) in [4.78, 5) is 12.2. The van der Waals surface area contributed by atoms with Crippen LogP contribution in [0.4, 0.5) is 0 Å². The molecule has 0 saturated heterocycles. The van der Waals surface area contributed by atoms with Gasteiger partial charge in [-0.25, -0.2) is 9.97 Å². The van der Waals surface area contributed by atoms with Gasteiger partial charge < -0.3 is 10.5 Å². The highest BCUT2D eigenvalue weighted by Gasteiger charge is 2.22. The quantitative estimate of drug-likeness (QED) is 0.578. The van der Waals surface area contributed by atoms with Crippen molar-refractivity contribution in [2.45, 2.75) is 6.42 Å². The number of amidine groups is 1. The van der Waals surface area contributed by atoms with Gasteiger partial charge in [-0.15, -0.1) is 0 Å². The van der Waals surface area contributed by atoms with E-state index < -0.39 is 0 Å². The summed E-state index contributed by atoms with van der Waals surface area (Å²) in [6.07, 6.45) is 4.50. The van der Waals surface area contributed by atoms with Crippen LogP contribution in [0.1, 0.15) is 17.7 Å². The van der Waals surface area contributed by atoms with E-state index in [-0.39, 0.29) is 0 Å². The Kier molecular flexibility index (Phi) is 2.37. The van der Waals surface area contributed by atoms with Crippen LogP contribution < -0.4 is 10.5 Å². The molecule has 0 unspecified atom stereocenters. The Bertz CT molecular complexity index is 451. The second kappa shape index (κ2) is 3.68. The Morgan fingerprint density at radius 3 is 2.80 bits per heavy atom. The van der Waals surface area contributed by atoms with E-state index in [0.717, 1.165) is 17.7 Å². The monoisotopic (exact) mass is 204 g/mol. The van der Waals surface area contributed by atoms with Gasteiger partial charge in [0.05, 0.1) is 12.8 Å². The zero-order valence-electron chi connectivity index (χ0n) is 8.69. The van der Waals surface area contributed by atoms with Crippen LogP contribution in [0.2, 0.25) is 0 Å². The molecule has 1 aromatic heterocycles. The molecule has 1 aliphatic carbocycles. The van der Waals surface area contributed by atoms with Crippen LogP contribution in [0.15, 0.2) is 17.4 Å². The third-order valence-electron chi connectivity index (χ3n) is 2.22. The number of rotatable bonds is 3. The number of methoxy groups -OCH3 is 1. The number of aliphatic imine (C=N–C) groups is 1. The van der Waals surface area contributed by atoms with Crippen LogP contribution in [-0.2, 0) is 0 Å². The highest BCUT2D eigenvalue weighted by molar-refractivity contribution is 6.04. The molecule has 5 heteroatoms. The van der Waals surface area contributed by atoms with E-state index in [9.17, 15) is 0 Å². The first kappa shape index (κ1) is 9.64. The first-order valence-electron chi connectivity index (χ1n) is 4.59. The molecule has 15 heavy (non-hydrogen) atoms. The lowest BCUT2D eigenvalue weighted by Crippen LogP contribution is -2.17. The Morgan fingerprint density at radius 1 is 1.53 bits per heavy atom. The molecule has 2 N–H and O–H groups in total. The van der Waals surface area contributed by atoms with Gasteiger partial charge in [0.25, 0.3) is 0 Å². The predicted molar refractivity (Wildman–Crippen MR) is 57.8 cm³/mol. The molecule has 78 valence electrons. The second-order valence-corrected chi connectivity index (χ2v) is 3.15. The lowest BCUT2D eigenvalue weighted by Gasteiger charge is -2.09. The standard InChI is InChI=1S/C10H12N4O/c1-12-9(11)7-8(6-3-4-6)13-5-14-10(7)15-2/h3,5H,4H2,1-2H3,(H2,11,12). The molecule has 0 spiro atoms. The van der Waals surface area contributed by atoms with Crippen molar-refractivity contribution in [1.29, 1.82) is 0 Å². The van der Waals surface area contributed by atoms with Crippen molar-refractivity contribution in [2.24, 2.45) is 10.7 Å². The van der Waals surface area contributed by atoms with Crippen molar-refractivity contribution in [3.8, 4) is 5.88 Å². The molecule has 0 bridgehead atoms. The smallest absolute Gasteiger partial charge is 0.227 e. The van der Waals surface area contributed by atoms with Crippen molar-refractivity contribution in [3.05, 3.63) is 23.7 Å². The van der Waals surface area contributed by atoms with E-state index >= 15 is 0 Å². The first-order chi connectivity index (χ1) is 7.27. The summed E-state index contributed by atoms with van der Waals surface area (Å²) in [6.45, 7) is 0. The molecule has 0 aliphatic heterocycles. The molecule has 1 aliphatic rings. The summed E-state index contributed by atoms with van der Waals surface area (Å²) >= 11 is 0. The van der Waals surface area contributed by atoms with Crippen molar-refractivity contribution in [3.63, 3.8) is 0 Å². The molecule has 0 atom stereocenters. The fourth-order valence-electron chi connectivity index (χ4n) is 1.35. The summed E-state index contributed by atoms with van der Waals surface area (Å²) < 4.78 is 5.15. The Hall–Kier alpha value is -1.91. The van der Waals surface area contributed by atoms with Crippen molar-refractivity contribution in [1.82, 2.24) is 9.97 Å². The van der Waals surface area contributed by atoms with Crippen molar-refractivity contribution >= 4 is 11.4 Å². The predicted octanol–water partition coefficient (Wildman–Crippen LogP) is 0.607. The van der Waals surface area contributed by atoms with Crippen LogP contribution in [0.5, 0.6) is 5.88 Å². The number of hydrogen-bond donors (Lipinski definition) is 1. The van der Waals surface area contributed by atoms with Gasteiger partial charge in [0.2, 0.25) is 5.88 Å². The number of allylic oxidation sites excluding steroid dienone is 2. The van der Waals surface area contributed by atoms with Gasteiger partial charge in [-0.3, -0.25) is 4.99 Å². The highest BCUT2D eigenvalue weighted by atomic mass is 16.5. The molecule has 0 radical (unpaired) electrons. The minimum absolute atomic E-state index is 0.398. The molecule has 0 saturated carbocycles. The third-order valence-corrected chi connectivity index (χ3v) is 2.22. The number of hydrogen-bond acceptors (Lipinski definition) is 4. The summed E-state index contributed by atoms with van der Waals surface area (Å²) in [5.74, 6) is 0.867. The van der Waals surface area contributed by atoms with Gasteiger partial charge >= 0.3 is 0 Å². The normalized spacial score (nSPS) is 14.8. The maximum absolute atomic E-state index is 5.80. The van der Waals surface area contributed by atoms with Crippen LogP contribution in [0.3, 0.4) is 0 Å². The molecular formula is C10H12N4O. The average molecular weight is 204 g/mol. The van der Waals surface area contributed by atoms with E-state index in [1.165, 1.54) is 6.33 Å². The lowest BCUT2D eigenvalue weighted by molar-refractivity contribution is 0.395. The number of nitrogens with two attached hydrogens (primary N) is 1. The minimum atomic E-state index is 0.398. The molecule has 0 amide bonds. The fraction of sp³-hybridized carbons (Fsp3) is 0.300. The van der Waals surface area contributed by atoms with Gasteiger partial charge in [0, 0.05) is 7.05 Å². The van der Waals surface area contributed by atoms with Gasteiger partial charge in [-0.05, 0) is 12.0 Å². The largest absolute Gasteiger partial charge is 0.480 e. The molecule has 0 aromatic carbocycles. The molecule has 5 nitrogen and oxygen atoms in total. The van der Waals surface area contributed by atoms with Gasteiger partial charge in [0.1, 0.15) is 17.7 Å². The SMILES string of the molecule is CN=C(N)c1c(OC)ncnc1C1=CC1. The second-order valence-electron chi connectivity index (χ2n) is 3.15. The highest BCUT2D eigenvalue weighted by Crippen LogP contribution is 2.33. The van der Waals surface area contributed by atoms with Gasteiger partial charge in [-0.1, -0.05) is 6.08 Å². The van der Waals surface area contributed by atoms with Gasteiger partial charge in [-0.2, -0.15) is 0 Å². The number of ether oxygens (including phenoxy) is 1. The Morgan fingerprint density at radius 2 is 2.27 bits per heavy atom. The maximum atomic E-state index is 5.80. The summed E-state index contributed by atoms with van der Waals surface area (Å²) in [5.41, 5.74) is 8.47. The van der Waals surface area contributed by atoms with Crippen molar-refractivity contribution < 1.29 is 4.74 Å². The summed E-state index contributed by atoms with van der Waals surface area (Å²) in [6, 6.07) is 0. The topological polar surface area (TPSA) is 73.4 Å². The first-order valence-corrected chi connectivity index (χ1v) is 4.59. The van der Waals surface area contributed by atoms with Crippen LogP contribution in [0, 0.1) is 0 Å². The minimum Gasteiger partial charge on any atom is -0.480 e. The van der Waals surface area contributed by atoms with Gasteiger partial charge in [0.15, 0.2) is 0 Å². The van der Waals surface area contributed by atoms with E-state index in [0.29, 0.717) is 17.3 Å². The van der Waals surface area contributed by atoms with E-state index in [1.54, 1.807) is 14.2 Å². The Balaban J connectivity index is 2.59. The fourth-order valence-corrected chi connectivity index (χ4v) is 1.35. The Labute approximate surface area is 87.7 Å². The van der Waals surface area contributed by atoms with Crippen molar-refractivity contribution in [2.75, 3.05) is 14.2 Å². The summed E-state index contributed by atoms with van der Waals surface area (Å²) in [5, 5.41) is 0. The molecule has 2 rings (SSSR count). The van der Waals surface area contributed by atoms with Crippen LogP contribution in [0.25, 0.3) is 5.57 Å². The van der Waals surface area contributed by atoms with E-state index in [4.69, 9.17) is 10.5 Å².